The molecule has 0 heterocycles. The molecule has 250 valence electrons. The lowest BCUT2D eigenvalue weighted by atomic mass is 9.46. The highest BCUT2D eigenvalue weighted by Crippen LogP contribution is 2.69. The number of fused-ring (bicyclic) bond motifs is 5. The maximum absolute atomic E-state index is 14.3. The summed E-state index contributed by atoms with van der Waals surface area (Å²) in [6.07, 6.45) is 16.4. The van der Waals surface area contributed by atoms with Crippen LogP contribution in [0.4, 0.5) is 0 Å². The van der Waals surface area contributed by atoms with Crippen LogP contribution in [0.15, 0.2) is 23.8 Å². The molecule has 7 nitrogen and oxygen atoms in total. The van der Waals surface area contributed by atoms with E-state index in [1.54, 1.807) is 13.0 Å². The van der Waals surface area contributed by atoms with E-state index >= 15 is 0 Å². The van der Waals surface area contributed by atoms with Gasteiger partial charge >= 0.3 is 11.9 Å². The summed E-state index contributed by atoms with van der Waals surface area (Å²) in [6.45, 7) is 9.18. The minimum absolute atomic E-state index is 0.0379. The number of alkyl halides is 1. The second-order valence-electron chi connectivity index (χ2n) is 14.5. The summed E-state index contributed by atoms with van der Waals surface area (Å²) in [5, 5.41) is -0.420. The Morgan fingerprint density at radius 3 is 2.24 bits per heavy atom. The lowest BCUT2D eigenvalue weighted by Gasteiger charge is -2.58. The fraction of sp³-hybridized carbons (Fsp3) is 0.757. The van der Waals surface area contributed by atoms with Crippen LogP contribution in [-0.4, -0.2) is 46.9 Å². The Labute approximate surface area is 274 Å². The Morgan fingerprint density at radius 2 is 1.60 bits per heavy atom. The summed E-state index contributed by atoms with van der Waals surface area (Å²) >= 11 is 7.12. The number of hydrogen-bond donors (Lipinski definition) is 0. The first-order chi connectivity index (χ1) is 21.4. The minimum atomic E-state index is -1.62. The molecule has 3 saturated carbocycles. The van der Waals surface area contributed by atoms with Gasteiger partial charge in [0.2, 0.25) is 5.78 Å². The molecule has 0 radical (unpaired) electrons. The molecule has 8 heteroatoms. The van der Waals surface area contributed by atoms with E-state index in [-0.39, 0.29) is 42.7 Å². The van der Waals surface area contributed by atoms with Crippen LogP contribution in [0.5, 0.6) is 0 Å². The van der Waals surface area contributed by atoms with E-state index in [1.165, 1.54) is 38.2 Å². The highest BCUT2D eigenvalue weighted by Gasteiger charge is 2.74. The lowest BCUT2D eigenvalue weighted by molar-refractivity contribution is -0.197. The van der Waals surface area contributed by atoms with Crippen LogP contribution in [0.1, 0.15) is 125 Å². The van der Waals surface area contributed by atoms with Crippen LogP contribution in [0.2, 0.25) is 0 Å². The molecule has 0 aromatic heterocycles. The number of esters is 2. The number of ketones is 3. The van der Waals surface area contributed by atoms with Crippen LogP contribution >= 0.6 is 11.6 Å². The molecule has 3 fully saturated rings. The molecule has 0 aromatic carbocycles. The second kappa shape index (κ2) is 14.6. The van der Waals surface area contributed by atoms with Crippen molar-refractivity contribution in [2.75, 3.05) is 6.61 Å². The van der Waals surface area contributed by atoms with E-state index < -0.39 is 58.0 Å². The normalized spacial score (nSPS) is 35.2. The molecular weight excluding hydrogens is 592 g/mol. The Bertz CT molecular complexity index is 1220. The number of ether oxygens (including phenoxy) is 2. The standard InChI is InChI=1S/C37H53ClO7/c1-6-8-9-10-11-12-13-14-15-16-32(43)45-37(30(41)23-44-31(42)7-2)24(3)19-27-33-28(38)21-25-20-26(39)17-18-35(25,4)34(33)29(40)22-36(27,37)5/h17-18,20,24,27-28,33-34H,6-16,19,21-23H2,1-5H3/t24-,27+,28-,33-,34+,35+,36+,37-/m1/s1. The fourth-order valence-corrected chi connectivity index (χ4v) is 9.79. The Morgan fingerprint density at radius 1 is 0.956 bits per heavy atom. The molecule has 4 aliphatic carbocycles. The molecule has 0 bridgehead atoms. The highest BCUT2D eigenvalue weighted by atomic mass is 35.5. The quantitative estimate of drug-likeness (QED) is 0.102. The maximum Gasteiger partial charge on any atom is 0.306 e. The van der Waals surface area contributed by atoms with Crippen molar-refractivity contribution in [3.8, 4) is 0 Å². The molecule has 0 N–H and O–H groups in total. The van der Waals surface area contributed by atoms with Gasteiger partial charge in [-0.15, -0.1) is 11.6 Å². The van der Waals surface area contributed by atoms with Crippen molar-refractivity contribution in [2.24, 2.45) is 34.5 Å². The Balaban J connectivity index is 1.57. The van der Waals surface area contributed by atoms with Crippen LogP contribution in [0.25, 0.3) is 0 Å². The van der Waals surface area contributed by atoms with Gasteiger partial charge in [-0.05, 0) is 43.3 Å². The van der Waals surface area contributed by atoms with E-state index in [1.807, 2.05) is 26.8 Å². The summed E-state index contributed by atoms with van der Waals surface area (Å²) in [7, 11) is 0. The average molecular weight is 645 g/mol. The lowest BCUT2D eigenvalue weighted by Crippen LogP contribution is -2.64. The first-order valence-corrected chi connectivity index (χ1v) is 17.8. The molecule has 0 aromatic rings. The molecule has 0 unspecified atom stereocenters. The van der Waals surface area contributed by atoms with Crippen LogP contribution in [-0.2, 0) is 33.4 Å². The van der Waals surface area contributed by atoms with Crippen molar-refractivity contribution in [1.29, 1.82) is 0 Å². The van der Waals surface area contributed by atoms with E-state index in [2.05, 4.69) is 6.92 Å². The van der Waals surface area contributed by atoms with Gasteiger partial charge in [0.1, 0.15) is 5.78 Å². The van der Waals surface area contributed by atoms with Crippen molar-refractivity contribution in [3.63, 3.8) is 0 Å². The average Bonchev–Trinajstić information content (AvgIpc) is 3.21. The van der Waals surface area contributed by atoms with Gasteiger partial charge in [-0.3, -0.25) is 24.0 Å². The molecule has 4 aliphatic rings. The first kappa shape index (κ1) is 35.6. The SMILES string of the molecule is CCCCCCCCCCCC(=O)O[C@@]1(C(=O)COC(=O)CC)[C@H](C)C[C@H]2[C@@H]3[C@H](Cl)CC4=CC(=O)C=C[C@]4(C)[C@H]3C(=O)C[C@@]21C. The molecule has 45 heavy (non-hydrogen) atoms. The largest absolute Gasteiger partial charge is 0.457 e. The van der Waals surface area contributed by atoms with Gasteiger partial charge in [0.05, 0.1) is 0 Å². The van der Waals surface area contributed by atoms with Crippen molar-refractivity contribution in [3.05, 3.63) is 23.8 Å². The van der Waals surface area contributed by atoms with E-state index in [9.17, 15) is 24.0 Å². The first-order valence-electron chi connectivity index (χ1n) is 17.4. The number of allylic oxidation sites excluding steroid dienone is 4. The molecule has 0 saturated heterocycles. The fourth-order valence-electron chi connectivity index (χ4n) is 9.30. The molecule has 0 spiro atoms. The van der Waals surface area contributed by atoms with Crippen LogP contribution < -0.4 is 0 Å². The van der Waals surface area contributed by atoms with E-state index in [0.29, 0.717) is 19.3 Å². The van der Waals surface area contributed by atoms with Gasteiger partial charge in [-0.25, -0.2) is 0 Å². The van der Waals surface area contributed by atoms with E-state index in [0.717, 1.165) is 24.8 Å². The molecule has 8 atom stereocenters. The van der Waals surface area contributed by atoms with Gasteiger partial charge in [0, 0.05) is 47.3 Å². The van der Waals surface area contributed by atoms with Crippen molar-refractivity contribution in [2.45, 2.75) is 135 Å². The van der Waals surface area contributed by atoms with Crippen molar-refractivity contribution in [1.82, 2.24) is 0 Å². The van der Waals surface area contributed by atoms with Gasteiger partial charge in [-0.1, -0.05) is 97.6 Å². The smallest absolute Gasteiger partial charge is 0.306 e. The zero-order chi connectivity index (χ0) is 33.0. The number of rotatable bonds is 15. The minimum Gasteiger partial charge on any atom is -0.457 e. The maximum atomic E-state index is 14.3. The van der Waals surface area contributed by atoms with Crippen molar-refractivity contribution < 1.29 is 33.4 Å². The Kier molecular flexibility index (Phi) is 11.6. The van der Waals surface area contributed by atoms with Crippen molar-refractivity contribution >= 4 is 40.9 Å². The van der Waals surface area contributed by atoms with Gasteiger partial charge < -0.3 is 9.47 Å². The number of hydrogen-bond acceptors (Lipinski definition) is 7. The predicted molar refractivity (Wildman–Crippen MR) is 174 cm³/mol. The monoisotopic (exact) mass is 644 g/mol. The van der Waals surface area contributed by atoms with Gasteiger partial charge in [0.15, 0.2) is 18.0 Å². The predicted octanol–water partition coefficient (Wildman–Crippen LogP) is 7.66. The zero-order valence-electron chi connectivity index (χ0n) is 28.0. The summed E-state index contributed by atoms with van der Waals surface area (Å²) in [5.74, 6) is -2.88. The summed E-state index contributed by atoms with van der Waals surface area (Å²) < 4.78 is 11.7. The number of Topliss-reactive ketones (excluding diaryl/α,β-unsaturated/α-hetero) is 2. The third kappa shape index (κ3) is 6.75. The third-order valence-electron chi connectivity index (χ3n) is 11.6. The van der Waals surface area contributed by atoms with Gasteiger partial charge in [-0.2, -0.15) is 0 Å². The molecular formula is C37H53ClO7. The number of halogens is 1. The van der Waals surface area contributed by atoms with Crippen LogP contribution in [0, 0.1) is 34.5 Å². The molecule has 0 amide bonds. The van der Waals surface area contributed by atoms with Gasteiger partial charge in [0.25, 0.3) is 0 Å². The van der Waals surface area contributed by atoms with Crippen LogP contribution in [0.3, 0.4) is 0 Å². The third-order valence-corrected chi connectivity index (χ3v) is 12.1. The summed E-state index contributed by atoms with van der Waals surface area (Å²) in [4.78, 5) is 66.4. The number of carbonyl (C=O) groups excluding carboxylic acids is 5. The molecule has 4 rings (SSSR count). The topological polar surface area (TPSA) is 104 Å². The Hall–Kier alpha value is -2.28. The second-order valence-corrected chi connectivity index (χ2v) is 15.1. The zero-order valence-corrected chi connectivity index (χ0v) is 28.7. The van der Waals surface area contributed by atoms with E-state index in [4.69, 9.17) is 21.1 Å². The summed E-state index contributed by atoms with van der Waals surface area (Å²) in [6, 6.07) is 0. The number of carbonyl (C=O) groups is 5. The number of unbranched alkanes of at least 4 members (excludes halogenated alkanes) is 8. The molecule has 0 aliphatic heterocycles. The highest BCUT2D eigenvalue weighted by molar-refractivity contribution is 6.21. The summed E-state index contributed by atoms with van der Waals surface area (Å²) in [5.41, 5.74) is -2.40.